The van der Waals surface area contributed by atoms with Crippen LogP contribution >= 0.6 is 0 Å². The summed E-state index contributed by atoms with van der Waals surface area (Å²) in [6, 6.07) is 8.41. The number of aliphatic hydroxyl groups is 1. The van der Waals surface area contributed by atoms with Crippen LogP contribution in [0, 0.1) is 11.8 Å². The third-order valence-corrected chi connectivity index (χ3v) is 6.01. The predicted molar refractivity (Wildman–Crippen MR) is 114 cm³/mol. The molecule has 1 aliphatic carbocycles. The van der Waals surface area contributed by atoms with E-state index in [0.717, 1.165) is 49.9 Å². The highest BCUT2D eigenvalue weighted by Crippen LogP contribution is 2.34. The van der Waals surface area contributed by atoms with E-state index >= 15 is 0 Å². The standard InChI is InChI=1S/C24H41NO2/c1-20(2)8-5-3-4-6-17-27-23-13-11-21(12-14-23)15-16-24(25,19-26)18-22-9-7-10-22/h11-14,20,22,26H,3-10,15-19,25H2,1-2H3/t24-/m0/s1. The lowest BCUT2D eigenvalue weighted by Gasteiger charge is -2.35. The van der Waals surface area contributed by atoms with Crippen LogP contribution in [0.25, 0.3) is 0 Å². The SMILES string of the molecule is CC(C)CCCCCCOc1ccc(CC[C@@](N)(CO)CC2CCC2)cc1. The molecule has 0 amide bonds. The summed E-state index contributed by atoms with van der Waals surface area (Å²) in [7, 11) is 0. The molecule has 1 aromatic carbocycles. The summed E-state index contributed by atoms with van der Waals surface area (Å²) in [6.07, 6.45) is 13.0. The van der Waals surface area contributed by atoms with E-state index in [1.165, 1.54) is 50.5 Å². The van der Waals surface area contributed by atoms with E-state index in [0.29, 0.717) is 0 Å². The van der Waals surface area contributed by atoms with Gasteiger partial charge in [0, 0.05) is 5.54 Å². The van der Waals surface area contributed by atoms with Crippen molar-refractivity contribution in [1.82, 2.24) is 0 Å². The smallest absolute Gasteiger partial charge is 0.119 e. The van der Waals surface area contributed by atoms with Gasteiger partial charge in [-0.1, -0.05) is 70.9 Å². The van der Waals surface area contributed by atoms with Crippen molar-refractivity contribution < 1.29 is 9.84 Å². The highest BCUT2D eigenvalue weighted by Gasteiger charge is 2.30. The Hall–Kier alpha value is -1.06. The number of unbranched alkanes of at least 4 members (excludes halogenated alkanes) is 3. The lowest BCUT2D eigenvalue weighted by Crippen LogP contribution is -2.46. The van der Waals surface area contributed by atoms with Crippen LogP contribution in [-0.2, 0) is 6.42 Å². The van der Waals surface area contributed by atoms with Crippen LogP contribution in [0.2, 0.25) is 0 Å². The molecule has 1 fully saturated rings. The Morgan fingerprint density at radius 3 is 2.41 bits per heavy atom. The summed E-state index contributed by atoms with van der Waals surface area (Å²) in [5.74, 6) is 2.50. The zero-order valence-corrected chi connectivity index (χ0v) is 17.6. The van der Waals surface area contributed by atoms with Crippen LogP contribution < -0.4 is 10.5 Å². The zero-order valence-electron chi connectivity index (χ0n) is 17.6. The van der Waals surface area contributed by atoms with E-state index in [-0.39, 0.29) is 6.61 Å². The Balaban J connectivity index is 1.62. The summed E-state index contributed by atoms with van der Waals surface area (Å²) in [4.78, 5) is 0. The monoisotopic (exact) mass is 375 g/mol. The molecule has 0 unspecified atom stereocenters. The minimum Gasteiger partial charge on any atom is -0.494 e. The van der Waals surface area contributed by atoms with Crippen molar-refractivity contribution >= 4 is 0 Å². The molecule has 0 aromatic heterocycles. The molecule has 0 saturated heterocycles. The molecule has 0 spiro atoms. The third-order valence-electron chi connectivity index (χ3n) is 6.01. The normalized spacial score (nSPS) is 16.9. The van der Waals surface area contributed by atoms with Crippen LogP contribution in [0.5, 0.6) is 5.75 Å². The van der Waals surface area contributed by atoms with Gasteiger partial charge in [-0.3, -0.25) is 0 Å². The molecule has 0 aliphatic heterocycles. The van der Waals surface area contributed by atoms with Crippen molar-refractivity contribution in [2.75, 3.05) is 13.2 Å². The topological polar surface area (TPSA) is 55.5 Å². The second-order valence-electron chi connectivity index (χ2n) is 9.11. The van der Waals surface area contributed by atoms with Gasteiger partial charge in [0.1, 0.15) is 5.75 Å². The summed E-state index contributed by atoms with van der Waals surface area (Å²) in [5.41, 5.74) is 7.29. The maximum Gasteiger partial charge on any atom is 0.119 e. The fourth-order valence-corrected chi connectivity index (χ4v) is 3.86. The Labute approximate surface area is 166 Å². The molecule has 154 valence electrons. The van der Waals surface area contributed by atoms with Crippen LogP contribution in [0.4, 0.5) is 0 Å². The van der Waals surface area contributed by atoms with E-state index in [4.69, 9.17) is 10.5 Å². The second kappa shape index (κ2) is 11.7. The van der Waals surface area contributed by atoms with Crippen molar-refractivity contribution in [3.63, 3.8) is 0 Å². The van der Waals surface area contributed by atoms with Gasteiger partial charge in [0.25, 0.3) is 0 Å². The molecule has 3 heteroatoms. The van der Waals surface area contributed by atoms with E-state index in [1.807, 2.05) is 0 Å². The number of benzene rings is 1. The molecule has 0 bridgehead atoms. The molecule has 1 atom stereocenters. The number of nitrogens with two attached hydrogens (primary N) is 1. The minimum atomic E-state index is -0.421. The van der Waals surface area contributed by atoms with Gasteiger partial charge in [0.2, 0.25) is 0 Å². The van der Waals surface area contributed by atoms with Crippen molar-refractivity contribution in [3.05, 3.63) is 29.8 Å². The highest BCUT2D eigenvalue weighted by atomic mass is 16.5. The Kier molecular flexibility index (Phi) is 9.64. The van der Waals surface area contributed by atoms with Crippen molar-refractivity contribution in [2.45, 2.75) is 90.0 Å². The number of hydrogen-bond acceptors (Lipinski definition) is 3. The van der Waals surface area contributed by atoms with E-state index in [1.54, 1.807) is 0 Å². The molecule has 0 radical (unpaired) electrons. The lowest BCUT2D eigenvalue weighted by molar-refractivity contribution is 0.135. The maximum absolute atomic E-state index is 9.73. The Morgan fingerprint density at radius 2 is 1.81 bits per heavy atom. The van der Waals surface area contributed by atoms with E-state index in [9.17, 15) is 5.11 Å². The van der Waals surface area contributed by atoms with Gasteiger partial charge in [0.05, 0.1) is 13.2 Å². The first-order chi connectivity index (χ1) is 13.0. The van der Waals surface area contributed by atoms with Crippen molar-refractivity contribution in [3.8, 4) is 5.75 Å². The lowest BCUT2D eigenvalue weighted by atomic mass is 9.75. The van der Waals surface area contributed by atoms with Crippen LogP contribution in [0.1, 0.15) is 83.6 Å². The van der Waals surface area contributed by atoms with Gasteiger partial charge in [-0.2, -0.15) is 0 Å². The van der Waals surface area contributed by atoms with Crippen molar-refractivity contribution in [2.24, 2.45) is 17.6 Å². The highest BCUT2D eigenvalue weighted by molar-refractivity contribution is 5.27. The zero-order chi connectivity index (χ0) is 19.5. The molecular weight excluding hydrogens is 334 g/mol. The fraction of sp³-hybridized carbons (Fsp3) is 0.750. The van der Waals surface area contributed by atoms with Crippen LogP contribution in [0.3, 0.4) is 0 Å². The summed E-state index contributed by atoms with van der Waals surface area (Å²) in [6.45, 7) is 5.47. The summed E-state index contributed by atoms with van der Waals surface area (Å²) < 4.78 is 5.87. The van der Waals surface area contributed by atoms with Gasteiger partial charge < -0.3 is 15.6 Å². The molecule has 27 heavy (non-hydrogen) atoms. The van der Waals surface area contributed by atoms with Crippen LogP contribution in [0.15, 0.2) is 24.3 Å². The fourth-order valence-electron chi connectivity index (χ4n) is 3.86. The second-order valence-corrected chi connectivity index (χ2v) is 9.11. The van der Waals surface area contributed by atoms with E-state index in [2.05, 4.69) is 38.1 Å². The summed E-state index contributed by atoms with van der Waals surface area (Å²) >= 11 is 0. The molecule has 3 N–H and O–H groups in total. The third kappa shape index (κ3) is 8.66. The average Bonchev–Trinajstić information content (AvgIpc) is 2.63. The van der Waals surface area contributed by atoms with Gasteiger partial charge in [-0.25, -0.2) is 0 Å². The maximum atomic E-state index is 9.73. The molecule has 1 saturated carbocycles. The molecular formula is C24H41NO2. The quantitative estimate of drug-likeness (QED) is 0.423. The largest absolute Gasteiger partial charge is 0.494 e. The summed E-state index contributed by atoms with van der Waals surface area (Å²) in [5, 5.41) is 9.73. The van der Waals surface area contributed by atoms with Gasteiger partial charge in [0.15, 0.2) is 0 Å². The number of ether oxygens (including phenoxy) is 1. The number of aliphatic hydroxyl groups excluding tert-OH is 1. The average molecular weight is 376 g/mol. The minimum absolute atomic E-state index is 0.0852. The van der Waals surface area contributed by atoms with Crippen LogP contribution in [-0.4, -0.2) is 23.9 Å². The Bertz CT molecular complexity index is 510. The molecule has 3 nitrogen and oxygen atoms in total. The van der Waals surface area contributed by atoms with Crippen molar-refractivity contribution in [1.29, 1.82) is 0 Å². The van der Waals surface area contributed by atoms with Gasteiger partial charge in [-0.15, -0.1) is 0 Å². The number of rotatable bonds is 14. The predicted octanol–water partition coefficient (Wildman–Crippen LogP) is 5.48. The number of hydrogen-bond donors (Lipinski definition) is 2. The number of aryl methyl sites for hydroxylation is 1. The first kappa shape index (κ1) is 22.2. The van der Waals surface area contributed by atoms with Gasteiger partial charge in [-0.05, 0) is 55.2 Å². The molecule has 1 aliphatic rings. The molecule has 2 rings (SSSR count). The molecule has 1 aromatic rings. The Morgan fingerprint density at radius 1 is 1.11 bits per heavy atom. The van der Waals surface area contributed by atoms with E-state index < -0.39 is 5.54 Å². The first-order valence-corrected chi connectivity index (χ1v) is 11.1. The molecule has 0 heterocycles. The first-order valence-electron chi connectivity index (χ1n) is 11.1. The van der Waals surface area contributed by atoms with Gasteiger partial charge >= 0.3 is 0 Å².